The van der Waals surface area contributed by atoms with Crippen molar-refractivity contribution >= 4 is 72.4 Å². The Hall–Kier alpha value is -9.68. The molecular weight excluding hydrogens is 937 g/mol. The van der Waals surface area contributed by atoms with Gasteiger partial charge in [-0.2, -0.15) is 0 Å². The molecule has 0 aliphatic carbocycles. The molecule has 0 N–H and O–H groups in total. The van der Waals surface area contributed by atoms with E-state index in [-0.39, 0.29) is 0 Å². The lowest BCUT2D eigenvalue weighted by molar-refractivity contribution is 0.745. The highest BCUT2D eigenvalue weighted by Gasteiger charge is 2.42. The molecule has 0 amide bonds. The van der Waals surface area contributed by atoms with E-state index in [0.717, 1.165) is 50.2 Å². The normalized spacial score (nSPS) is 11.9. The summed E-state index contributed by atoms with van der Waals surface area (Å²) in [6.07, 6.45) is 0. The van der Waals surface area contributed by atoms with Gasteiger partial charge in [0.1, 0.15) is 11.6 Å². The van der Waals surface area contributed by atoms with Crippen molar-refractivity contribution in [3.63, 3.8) is 0 Å². The Morgan fingerprint density at radius 1 is 0.263 bits per heavy atom. The molecule has 3 aromatic heterocycles. The average Bonchev–Trinajstić information content (AvgIpc) is 4.02. The smallest absolute Gasteiger partial charge is 0.179 e. The Labute approximate surface area is 443 Å². The highest BCUT2D eigenvalue weighted by atomic mass is 28.3. The van der Waals surface area contributed by atoms with Gasteiger partial charge in [0.2, 0.25) is 0 Å². The van der Waals surface area contributed by atoms with Gasteiger partial charge in [0.15, 0.2) is 13.9 Å². The first kappa shape index (κ1) is 45.0. The van der Waals surface area contributed by atoms with Crippen molar-refractivity contribution in [2.24, 2.45) is 0 Å². The second-order valence-corrected chi connectivity index (χ2v) is 23.4. The highest BCUT2D eigenvalue weighted by Crippen LogP contribution is 2.46. The molecule has 0 radical (unpaired) electrons. The van der Waals surface area contributed by atoms with E-state index in [2.05, 4.69) is 312 Å². The van der Waals surface area contributed by atoms with E-state index < -0.39 is 13.5 Å². The van der Waals surface area contributed by atoms with E-state index in [4.69, 9.17) is 9.97 Å². The topological polar surface area (TPSA) is 35.6 Å². The molecule has 76 heavy (non-hydrogen) atoms. The van der Waals surface area contributed by atoms with Crippen LogP contribution in [0.25, 0.3) is 66.6 Å². The minimum absolute atomic E-state index is 0.600. The van der Waals surface area contributed by atoms with Crippen LogP contribution in [-0.2, 0) is 5.41 Å². The summed E-state index contributed by atoms with van der Waals surface area (Å²) >= 11 is 0. The van der Waals surface area contributed by atoms with E-state index in [0.29, 0.717) is 5.82 Å². The molecule has 14 rings (SSSR count). The highest BCUT2D eigenvalue weighted by molar-refractivity contribution is 7.20. The molecule has 0 aliphatic rings. The van der Waals surface area contributed by atoms with Gasteiger partial charge < -0.3 is 0 Å². The number of hydrogen-bond acceptors (Lipinski definition) is 2. The Bertz CT molecular complexity index is 4120. The molecule has 0 fully saturated rings. The van der Waals surface area contributed by atoms with Gasteiger partial charge >= 0.3 is 0 Å². The van der Waals surface area contributed by atoms with Gasteiger partial charge in [-0.3, -0.25) is 9.13 Å². The summed E-state index contributed by atoms with van der Waals surface area (Å²) in [5.41, 5.74) is 9.38. The van der Waals surface area contributed by atoms with Crippen LogP contribution < -0.4 is 20.7 Å². The van der Waals surface area contributed by atoms with Crippen LogP contribution in [0.15, 0.2) is 303 Å². The maximum atomic E-state index is 5.70. The van der Waals surface area contributed by atoms with Crippen LogP contribution in [0.5, 0.6) is 0 Å². The molecule has 358 valence electrons. The Morgan fingerprint density at radius 2 is 0.592 bits per heavy atom. The minimum Gasteiger partial charge on any atom is -0.294 e. The summed E-state index contributed by atoms with van der Waals surface area (Å²) < 4.78 is 4.70. The molecule has 0 saturated heterocycles. The van der Waals surface area contributed by atoms with Crippen LogP contribution in [0.3, 0.4) is 0 Å². The molecule has 3 heterocycles. The number of para-hydroxylation sites is 3. The second kappa shape index (κ2) is 18.7. The maximum Gasteiger partial charge on any atom is 0.179 e. The van der Waals surface area contributed by atoms with E-state index in [1.807, 2.05) is 0 Å². The van der Waals surface area contributed by atoms with Gasteiger partial charge in [-0.05, 0) is 67.3 Å². The summed E-state index contributed by atoms with van der Waals surface area (Å²) in [6.45, 7) is 0. The SMILES string of the molecule is c1ccc(C(c2ccccc2)(c2ccccc2)c2ccc(-c3nc(-n4c5ccccc5c5ccccc54)cc(-n4c5ccccc5c5ccc([Si](c6ccccc6)(c6ccccc6)c6ccccc6)cc54)n3)cc2)cc1. The lowest BCUT2D eigenvalue weighted by Crippen LogP contribution is -2.74. The van der Waals surface area contributed by atoms with Crippen LogP contribution in [0.4, 0.5) is 0 Å². The number of aromatic nitrogens is 4. The third-order valence-electron chi connectivity index (χ3n) is 15.7. The predicted octanol–water partition coefficient (Wildman–Crippen LogP) is 14.1. The van der Waals surface area contributed by atoms with Gasteiger partial charge in [0.25, 0.3) is 0 Å². The summed E-state index contributed by atoms with van der Waals surface area (Å²) in [7, 11) is -2.91. The molecule has 14 aromatic rings. The minimum atomic E-state index is -2.91. The predicted molar refractivity (Wildman–Crippen MR) is 318 cm³/mol. The maximum absolute atomic E-state index is 5.70. The molecular formula is C71H50N4Si. The molecule has 5 heteroatoms. The lowest BCUT2D eigenvalue weighted by Gasteiger charge is -2.37. The molecule has 0 unspecified atom stereocenters. The summed E-state index contributed by atoms with van der Waals surface area (Å²) in [5.74, 6) is 2.21. The second-order valence-electron chi connectivity index (χ2n) is 19.6. The van der Waals surface area contributed by atoms with Crippen molar-refractivity contribution in [1.82, 2.24) is 19.1 Å². The zero-order valence-electron chi connectivity index (χ0n) is 41.7. The van der Waals surface area contributed by atoms with Gasteiger partial charge in [0, 0.05) is 33.2 Å². The number of rotatable bonds is 11. The summed E-state index contributed by atoms with van der Waals surface area (Å²) in [4.78, 5) is 11.3. The number of nitrogens with zero attached hydrogens (tertiary/aromatic N) is 4. The first-order chi connectivity index (χ1) is 37.7. The third-order valence-corrected chi connectivity index (χ3v) is 20.4. The third kappa shape index (κ3) is 7.12. The van der Waals surface area contributed by atoms with Crippen LogP contribution in [0.1, 0.15) is 22.3 Å². The molecule has 0 bridgehead atoms. The van der Waals surface area contributed by atoms with Crippen LogP contribution in [0, 0.1) is 0 Å². The van der Waals surface area contributed by atoms with Crippen molar-refractivity contribution in [1.29, 1.82) is 0 Å². The molecule has 0 spiro atoms. The van der Waals surface area contributed by atoms with E-state index in [1.165, 1.54) is 53.6 Å². The summed E-state index contributed by atoms with van der Waals surface area (Å²) in [6, 6.07) is 111. The Kier molecular flexibility index (Phi) is 11.0. The Morgan fingerprint density at radius 3 is 1.00 bits per heavy atom. The van der Waals surface area contributed by atoms with Crippen molar-refractivity contribution in [2.75, 3.05) is 0 Å². The first-order valence-corrected chi connectivity index (χ1v) is 28.1. The fourth-order valence-corrected chi connectivity index (χ4v) is 17.2. The fourth-order valence-electron chi connectivity index (χ4n) is 12.4. The monoisotopic (exact) mass is 986 g/mol. The van der Waals surface area contributed by atoms with Crippen molar-refractivity contribution in [3.8, 4) is 23.0 Å². The van der Waals surface area contributed by atoms with Crippen LogP contribution in [0.2, 0.25) is 0 Å². The van der Waals surface area contributed by atoms with Gasteiger partial charge in [-0.15, -0.1) is 0 Å². The van der Waals surface area contributed by atoms with Gasteiger partial charge in [0.05, 0.1) is 27.5 Å². The molecule has 0 atom stereocenters. The van der Waals surface area contributed by atoms with Gasteiger partial charge in [-0.1, -0.05) is 273 Å². The molecule has 0 saturated carbocycles. The van der Waals surface area contributed by atoms with Crippen molar-refractivity contribution in [3.05, 3.63) is 326 Å². The standard InChI is InChI=1S/C71H50N4Si/c1-7-25-52(26-8-1)71(53-27-9-2-10-28-53,54-29-11-3-12-30-54)55-45-43-51(44-46-55)70-72-68(74-64-40-22-19-37-60(64)61-38-20-23-41-65(61)74)50-69(73-70)75-66-42-24-21-39-62(66)63-48-47-59(49-67(63)75)76(56-31-13-4-14-32-56,57-33-15-5-16-34-57)58-35-17-6-18-36-58/h1-50H. The van der Waals surface area contributed by atoms with Crippen molar-refractivity contribution in [2.45, 2.75) is 5.41 Å². The Balaban J connectivity index is 1.04. The van der Waals surface area contributed by atoms with Crippen LogP contribution in [-0.4, -0.2) is 27.2 Å². The van der Waals surface area contributed by atoms with E-state index in [9.17, 15) is 0 Å². The van der Waals surface area contributed by atoms with E-state index >= 15 is 0 Å². The fraction of sp³-hybridized carbons (Fsp3) is 0.0141. The number of fused-ring (bicyclic) bond motifs is 6. The average molecular weight is 987 g/mol. The molecule has 0 aliphatic heterocycles. The first-order valence-electron chi connectivity index (χ1n) is 26.1. The van der Waals surface area contributed by atoms with Crippen molar-refractivity contribution < 1.29 is 0 Å². The zero-order chi connectivity index (χ0) is 50.5. The molecule has 4 nitrogen and oxygen atoms in total. The quantitative estimate of drug-likeness (QED) is 0.0956. The zero-order valence-corrected chi connectivity index (χ0v) is 42.7. The summed E-state index contributed by atoms with van der Waals surface area (Å²) in [5, 5.41) is 9.95. The number of hydrogen-bond donors (Lipinski definition) is 0. The molecule has 11 aromatic carbocycles. The van der Waals surface area contributed by atoms with Gasteiger partial charge in [-0.25, -0.2) is 9.97 Å². The number of benzene rings is 11. The lowest BCUT2D eigenvalue weighted by atomic mass is 9.65. The van der Waals surface area contributed by atoms with Crippen LogP contribution >= 0.6 is 0 Å². The van der Waals surface area contributed by atoms with E-state index in [1.54, 1.807) is 0 Å². The largest absolute Gasteiger partial charge is 0.294 e.